The molecule has 1 saturated carbocycles. The fraction of sp³-hybridized carbons (Fsp3) is 0.368. The van der Waals surface area contributed by atoms with Gasteiger partial charge in [-0.1, -0.05) is 23.7 Å². The van der Waals surface area contributed by atoms with Crippen molar-refractivity contribution in [1.29, 1.82) is 0 Å². The van der Waals surface area contributed by atoms with Crippen LogP contribution in [0.15, 0.2) is 42.7 Å². The minimum atomic E-state index is 0. The molecular formula is C19H21Cl2N3O. The van der Waals surface area contributed by atoms with Gasteiger partial charge in [0.1, 0.15) is 0 Å². The minimum absolute atomic E-state index is 0. The first-order valence-electron chi connectivity index (χ1n) is 8.37. The van der Waals surface area contributed by atoms with Gasteiger partial charge >= 0.3 is 0 Å². The second-order valence-electron chi connectivity index (χ2n) is 6.84. The Bertz CT molecular complexity index is 766. The van der Waals surface area contributed by atoms with Crippen molar-refractivity contribution in [2.24, 2.45) is 17.6 Å². The van der Waals surface area contributed by atoms with Crippen molar-refractivity contribution < 1.29 is 4.79 Å². The van der Waals surface area contributed by atoms with Crippen molar-refractivity contribution in [3.05, 3.63) is 53.3 Å². The lowest BCUT2D eigenvalue weighted by Gasteiger charge is -2.19. The van der Waals surface area contributed by atoms with Crippen LogP contribution in [0.1, 0.15) is 23.2 Å². The summed E-state index contributed by atoms with van der Waals surface area (Å²) in [5.41, 5.74) is 8.73. The molecule has 2 aliphatic rings. The molecule has 4 nitrogen and oxygen atoms in total. The number of likely N-dealkylation sites (tertiary alicyclic amines) is 1. The van der Waals surface area contributed by atoms with Gasteiger partial charge in [-0.3, -0.25) is 9.78 Å². The van der Waals surface area contributed by atoms with E-state index in [0.717, 1.165) is 37.1 Å². The lowest BCUT2D eigenvalue weighted by molar-refractivity contribution is 0.0779. The van der Waals surface area contributed by atoms with E-state index in [-0.39, 0.29) is 24.4 Å². The van der Waals surface area contributed by atoms with Crippen molar-refractivity contribution in [1.82, 2.24) is 9.88 Å². The average molecular weight is 378 g/mol. The first kappa shape index (κ1) is 18.2. The highest BCUT2D eigenvalue weighted by atomic mass is 35.5. The van der Waals surface area contributed by atoms with Gasteiger partial charge in [-0.25, -0.2) is 0 Å². The molecule has 132 valence electrons. The quantitative estimate of drug-likeness (QED) is 0.868. The van der Waals surface area contributed by atoms with Crippen LogP contribution in [0.2, 0.25) is 5.02 Å². The molecule has 3 unspecified atom stereocenters. The normalized spacial score (nSPS) is 24.7. The highest BCUT2D eigenvalue weighted by molar-refractivity contribution is 6.30. The van der Waals surface area contributed by atoms with E-state index in [2.05, 4.69) is 4.98 Å². The van der Waals surface area contributed by atoms with Crippen LogP contribution in [0, 0.1) is 11.8 Å². The summed E-state index contributed by atoms with van der Waals surface area (Å²) in [7, 11) is 0. The van der Waals surface area contributed by atoms with E-state index in [9.17, 15) is 4.79 Å². The number of nitrogens with two attached hydrogens (primary N) is 1. The van der Waals surface area contributed by atoms with Gasteiger partial charge in [0.2, 0.25) is 0 Å². The van der Waals surface area contributed by atoms with Gasteiger partial charge < -0.3 is 10.6 Å². The number of fused-ring (bicyclic) bond motifs is 1. The van der Waals surface area contributed by atoms with Crippen LogP contribution < -0.4 is 5.73 Å². The third kappa shape index (κ3) is 3.52. The van der Waals surface area contributed by atoms with E-state index in [0.29, 0.717) is 22.4 Å². The maximum atomic E-state index is 12.8. The van der Waals surface area contributed by atoms with Crippen molar-refractivity contribution in [2.75, 3.05) is 13.1 Å². The molecular weight excluding hydrogens is 357 g/mol. The Hall–Kier alpha value is -1.62. The standard InChI is InChI=1S/C19H20ClN3O.ClH/c20-16-4-1-12(2-5-16)14-7-15(9-22-8-14)19(24)23-10-13-3-6-18(21)17(13)11-23;/h1-2,4-5,7-9,13,17-18H,3,6,10-11,21H2;1H. The summed E-state index contributed by atoms with van der Waals surface area (Å²) in [6, 6.07) is 9.71. The summed E-state index contributed by atoms with van der Waals surface area (Å²) in [4.78, 5) is 19.0. The van der Waals surface area contributed by atoms with Crippen LogP contribution >= 0.6 is 24.0 Å². The van der Waals surface area contributed by atoms with Gasteiger partial charge in [0.05, 0.1) is 5.56 Å². The van der Waals surface area contributed by atoms with Crippen LogP contribution in [-0.4, -0.2) is 34.9 Å². The Balaban J connectivity index is 0.00000182. The highest BCUT2D eigenvalue weighted by Gasteiger charge is 2.42. The average Bonchev–Trinajstić information content (AvgIpc) is 3.17. The zero-order valence-electron chi connectivity index (χ0n) is 13.8. The molecule has 2 aromatic rings. The van der Waals surface area contributed by atoms with Crippen LogP contribution in [0.3, 0.4) is 0 Å². The van der Waals surface area contributed by atoms with Gasteiger partial charge in [-0.2, -0.15) is 0 Å². The predicted molar refractivity (Wildman–Crippen MR) is 102 cm³/mol. The number of hydrogen-bond acceptors (Lipinski definition) is 3. The largest absolute Gasteiger partial charge is 0.338 e. The molecule has 0 bridgehead atoms. The SMILES string of the molecule is Cl.NC1CCC2CN(C(=O)c3cncc(-c4ccc(Cl)cc4)c3)CC12. The number of nitrogens with zero attached hydrogens (tertiary/aromatic N) is 2. The number of carbonyl (C=O) groups excluding carboxylic acids is 1. The fourth-order valence-electron chi connectivity index (χ4n) is 4.01. The molecule has 1 saturated heterocycles. The number of amides is 1. The van der Waals surface area contributed by atoms with Crippen LogP contribution in [0.25, 0.3) is 11.1 Å². The van der Waals surface area contributed by atoms with Gasteiger partial charge in [-0.05, 0) is 48.4 Å². The Morgan fingerprint density at radius 1 is 1.12 bits per heavy atom. The maximum Gasteiger partial charge on any atom is 0.255 e. The number of aromatic nitrogens is 1. The monoisotopic (exact) mass is 377 g/mol. The molecule has 6 heteroatoms. The topological polar surface area (TPSA) is 59.2 Å². The first-order chi connectivity index (χ1) is 11.6. The van der Waals surface area contributed by atoms with E-state index < -0.39 is 0 Å². The Morgan fingerprint density at radius 2 is 1.88 bits per heavy atom. The number of halogens is 2. The molecule has 1 amide bonds. The molecule has 1 aliphatic carbocycles. The van der Waals surface area contributed by atoms with E-state index in [1.807, 2.05) is 35.2 Å². The van der Waals surface area contributed by atoms with Crippen molar-refractivity contribution in [2.45, 2.75) is 18.9 Å². The molecule has 2 heterocycles. The summed E-state index contributed by atoms with van der Waals surface area (Å²) < 4.78 is 0. The van der Waals surface area contributed by atoms with E-state index in [1.165, 1.54) is 0 Å². The molecule has 2 fully saturated rings. The van der Waals surface area contributed by atoms with Gasteiger partial charge in [0.15, 0.2) is 0 Å². The summed E-state index contributed by atoms with van der Waals surface area (Å²) in [6.07, 6.45) is 5.65. The molecule has 0 radical (unpaired) electrons. The maximum absolute atomic E-state index is 12.8. The van der Waals surface area contributed by atoms with Gasteiger partial charge in [0.25, 0.3) is 5.91 Å². The number of carbonyl (C=O) groups is 1. The third-order valence-corrected chi connectivity index (χ3v) is 5.61. The van der Waals surface area contributed by atoms with Crippen molar-refractivity contribution in [3.8, 4) is 11.1 Å². The summed E-state index contributed by atoms with van der Waals surface area (Å²) >= 11 is 5.94. The minimum Gasteiger partial charge on any atom is -0.338 e. The molecule has 4 rings (SSSR count). The molecule has 3 atom stereocenters. The Morgan fingerprint density at radius 3 is 2.60 bits per heavy atom. The Kier molecular flexibility index (Phi) is 5.32. The number of rotatable bonds is 2. The molecule has 25 heavy (non-hydrogen) atoms. The number of pyridine rings is 1. The number of hydrogen-bond donors (Lipinski definition) is 1. The molecule has 1 aromatic heterocycles. The summed E-state index contributed by atoms with van der Waals surface area (Å²) in [5, 5.41) is 0.693. The highest BCUT2D eigenvalue weighted by Crippen LogP contribution is 2.37. The van der Waals surface area contributed by atoms with Crippen molar-refractivity contribution >= 4 is 29.9 Å². The van der Waals surface area contributed by atoms with E-state index >= 15 is 0 Å². The second-order valence-corrected chi connectivity index (χ2v) is 7.28. The third-order valence-electron chi connectivity index (χ3n) is 5.36. The fourth-order valence-corrected chi connectivity index (χ4v) is 4.14. The summed E-state index contributed by atoms with van der Waals surface area (Å²) in [6.45, 7) is 1.60. The van der Waals surface area contributed by atoms with Crippen molar-refractivity contribution in [3.63, 3.8) is 0 Å². The zero-order chi connectivity index (χ0) is 16.7. The van der Waals surface area contributed by atoms with Gasteiger partial charge in [0, 0.05) is 42.1 Å². The smallest absolute Gasteiger partial charge is 0.255 e. The lowest BCUT2D eigenvalue weighted by Crippen LogP contribution is -2.33. The van der Waals surface area contributed by atoms with Crippen LogP contribution in [-0.2, 0) is 0 Å². The summed E-state index contributed by atoms with van der Waals surface area (Å²) in [5.74, 6) is 1.08. The second kappa shape index (κ2) is 7.32. The lowest BCUT2D eigenvalue weighted by atomic mass is 9.98. The number of benzene rings is 1. The molecule has 1 aromatic carbocycles. The van der Waals surface area contributed by atoms with E-state index in [1.54, 1.807) is 12.4 Å². The van der Waals surface area contributed by atoms with Crippen LogP contribution in [0.5, 0.6) is 0 Å². The molecule has 0 spiro atoms. The van der Waals surface area contributed by atoms with E-state index in [4.69, 9.17) is 17.3 Å². The van der Waals surface area contributed by atoms with Gasteiger partial charge in [-0.15, -0.1) is 12.4 Å². The zero-order valence-corrected chi connectivity index (χ0v) is 15.3. The van der Waals surface area contributed by atoms with Crippen LogP contribution in [0.4, 0.5) is 0 Å². The Labute approximate surface area is 158 Å². The first-order valence-corrected chi connectivity index (χ1v) is 8.75. The molecule has 1 aliphatic heterocycles. The predicted octanol–water partition coefficient (Wildman–Crippen LogP) is 3.63. The molecule has 2 N–H and O–H groups in total.